The molecule has 0 aliphatic heterocycles. The van der Waals surface area contributed by atoms with Gasteiger partial charge in [0.25, 0.3) is 0 Å². The van der Waals surface area contributed by atoms with E-state index in [9.17, 15) is 4.79 Å². The van der Waals surface area contributed by atoms with E-state index >= 15 is 0 Å². The van der Waals surface area contributed by atoms with E-state index in [4.69, 9.17) is 10.2 Å². The lowest BCUT2D eigenvalue weighted by molar-refractivity contribution is -0.109. The normalized spacial score (nSPS) is 10.3. The van der Waals surface area contributed by atoms with Crippen LogP contribution < -0.4 is 11.1 Å². The highest BCUT2D eigenvalue weighted by atomic mass is 16.3. The van der Waals surface area contributed by atoms with E-state index in [1.165, 1.54) is 25.7 Å². The van der Waals surface area contributed by atoms with E-state index in [1.807, 2.05) is 0 Å². The zero-order valence-corrected chi connectivity index (χ0v) is 14.4. The van der Waals surface area contributed by atoms with Crippen LogP contribution in [0.2, 0.25) is 0 Å². The quantitative estimate of drug-likeness (QED) is 0.426. The molecule has 0 bridgehead atoms. The molecule has 3 aromatic heterocycles. The summed E-state index contributed by atoms with van der Waals surface area (Å²) in [4.78, 5) is 24.9. The van der Waals surface area contributed by atoms with Crippen molar-refractivity contribution in [2.24, 2.45) is 0 Å². The SMILES string of the molecule is CCCCCCCNC=O.Nc1nc(-c2ccco2)c2nc[nH]c2n1. The Kier molecular flexibility index (Phi) is 7.42. The maximum absolute atomic E-state index is 9.78. The lowest BCUT2D eigenvalue weighted by Gasteiger charge is -1.98. The Hall–Kier alpha value is -2.90. The average Bonchev–Trinajstić information content (AvgIpc) is 3.29. The summed E-state index contributed by atoms with van der Waals surface area (Å²) in [5, 5.41) is 2.64. The number of amides is 1. The number of nitrogens with two attached hydrogens (primary N) is 1. The Labute approximate surface area is 146 Å². The van der Waals surface area contributed by atoms with Crippen molar-refractivity contribution in [2.75, 3.05) is 12.3 Å². The number of anilines is 1. The Morgan fingerprint density at radius 2 is 2.12 bits per heavy atom. The number of nitrogens with one attached hydrogen (secondary N) is 2. The van der Waals surface area contributed by atoms with E-state index in [2.05, 4.69) is 32.2 Å². The van der Waals surface area contributed by atoms with Crippen molar-refractivity contribution in [1.82, 2.24) is 25.3 Å². The van der Waals surface area contributed by atoms with Crippen molar-refractivity contribution in [3.05, 3.63) is 24.7 Å². The minimum atomic E-state index is 0.193. The molecule has 3 rings (SSSR count). The number of carbonyl (C=O) groups excluding carboxylic acids is 1. The third-order valence-corrected chi connectivity index (χ3v) is 3.56. The smallest absolute Gasteiger partial charge is 0.222 e. The number of hydrogen-bond donors (Lipinski definition) is 3. The molecule has 3 aromatic rings. The average molecular weight is 344 g/mol. The fraction of sp³-hybridized carbons (Fsp3) is 0.412. The van der Waals surface area contributed by atoms with Gasteiger partial charge in [-0.15, -0.1) is 0 Å². The Balaban J connectivity index is 0.000000199. The van der Waals surface area contributed by atoms with Gasteiger partial charge in [-0.1, -0.05) is 32.6 Å². The van der Waals surface area contributed by atoms with Crippen LogP contribution in [-0.2, 0) is 4.79 Å². The second-order valence-electron chi connectivity index (χ2n) is 5.49. The Morgan fingerprint density at radius 3 is 2.84 bits per heavy atom. The number of imidazole rings is 1. The standard InChI is InChI=1S/C9H7N5O.C8H17NO/c10-9-13-6(5-2-1-3-15-5)7-8(14-9)12-4-11-7;1-2-3-4-5-6-7-9-8-10/h1-4H,(H3,10,11,12,13,14);8H,2-7H2,1H3,(H,9,10). The van der Waals surface area contributed by atoms with Crippen LogP contribution >= 0.6 is 0 Å². The molecule has 0 fully saturated rings. The molecule has 1 amide bonds. The highest BCUT2D eigenvalue weighted by Gasteiger charge is 2.12. The number of fused-ring (bicyclic) bond motifs is 1. The van der Waals surface area contributed by atoms with Gasteiger partial charge in [0.05, 0.1) is 12.6 Å². The summed E-state index contributed by atoms with van der Waals surface area (Å²) < 4.78 is 5.25. The first-order valence-corrected chi connectivity index (χ1v) is 8.43. The van der Waals surface area contributed by atoms with Gasteiger partial charge < -0.3 is 20.5 Å². The number of hydrogen-bond acceptors (Lipinski definition) is 6. The molecule has 3 heterocycles. The van der Waals surface area contributed by atoms with Gasteiger partial charge in [-0.3, -0.25) is 4.79 Å². The van der Waals surface area contributed by atoms with Gasteiger partial charge in [0.1, 0.15) is 11.2 Å². The second-order valence-corrected chi connectivity index (χ2v) is 5.49. The number of furan rings is 1. The van der Waals surface area contributed by atoms with Crippen LogP contribution in [0.5, 0.6) is 0 Å². The number of nitrogens with zero attached hydrogens (tertiary/aromatic N) is 3. The van der Waals surface area contributed by atoms with Gasteiger partial charge in [0.15, 0.2) is 11.4 Å². The van der Waals surface area contributed by atoms with Crippen molar-refractivity contribution in [3.8, 4) is 11.5 Å². The third kappa shape index (κ3) is 5.59. The summed E-state index contributed by atoms with van der Waals surface area (Å²) in [6, 6.07) is 3.59. The molecule has 25 heavy (non-hydrogen) atoms. The van der Waals surface area contributed by atoms with Crippen LogP contribution in [0.15, 0.2) is 29.1 Å². The summed E-state index contributed by atoms with van der Waals surface area (Å²) in [5.41, 5.74) is 7.44. The fourth-order valence-electron chi connectivity index (χ4n) is 2.33. The van der Waals surface area contributed by atoms with Crippen LogP contribution in [0.1, 0.15) is 39.0 Å². The highest BCUT2D eigenvalue weighted by molar-refractivity contribution is 5.85. The van der Waals surface area contributed by atoms with Crippen LogP contribution in [0, 0.1) is 0 Å². The van der Waals surface area contributed by atoms with Crippen molar-refractivity contribution in [1.29, 1.82) is 0 Å². The minimum Gasteiger partial charge on any atom is -0.463 e. The van der Waals surface area contributed by atoms with Gasteiger partial charge in [-0.05, 0) is 18.6 Å². The van der Waals surface area contributed by atoms with Crippen LogP contribution in [0.25, 0.3) is 22.6 Å². The number of nitrogen functional groups attached to an aromatic ring is 1. The van der Waals surface area contributed by atoms with Crippen molar-refractivity contribution in [2.45, 2.75) is 39.0 Å². The molecule has 8 nitrogen and oxygen atoms in total. The molecule has 0 aliphatic rings. The van der Waals surface area contributed by atoms with Crippen molar-refractivity contribution in [3.63, 3.8) is 0 Å². The van der Waals surface area contributed by atoms with E-state index in [0.717, 1.165) is 19.4 Å². The number of H-pyrrole nitrogens is 1. The number of carbonyl (C=O) groups is 1. The highest BCUT2D eigenvalue weighted by Crippen LogP contribution is 2.24. The van der Waals surface area contributed by atoms with Gasteiger partial charge in [-0.25, -0.2) is 9.97 Å². The van der Waals surface area contributed by atoms with E-state index in [1.54, 1.807) is 24.7 Å². The fourth-order valence-corrected chi connectivity index (χ4v) is 2.33. The van der Waals surface area contributed by atoms with Crippen LogP contribution in [-0.4, -0.2) is 32.9 Å². The molecule has 0 unspecified atom stereocenters. The summed E-state index contributed by atoms with van der Waals surface area (Å²) in [6.07, 6.45) is 10.2. The number of aromatic nitrogens is 4. The first kappa shape index (κ1) is 18.4. The number of aromatic amines is 1. The number of unbranched alkanes of at least 4 members (excludes halogenated alkanes) is 4. The largest absolute Gasteiger partial charge is 0.463 e. The van der Waals surface area contributed by atoms with Gasteiger partial charge in [0.2, 0.25) is 12.4 Å². The maximum Gasteiger partial charge on any atom is 0.222 e. The molecule has 0 radical (unpaired) electrons. The second kappa shape index (κ2) is 10.1. The van der Waals surface area contributed by atoms with E-state index < -0.39 is 0 Å². The predicted octanol–water partition coefficient (Wildman–Crippen LogP) is 2.90. The molecule has 0 spiro atoms. The Bertz CT molecular complexity index is 754. The molecule has 0 aromatic carbocycles. The lowest BCUT2D eigenvalue weighted by Crippen LogP contribution is -2.11. The monoisotopic (exact) mass is 344 g/mol. The van der Waals surface area contributed by atoms with E-state index in [0.29, 0.717) is 22.6 Å². The van der Waals surface area contributed by atoms with Crippen molar-refractivity contribution >= 4 is 23.5 Å². The molecule has 0 aliphatic carbocycles. The predicted molar refractivity (Wildman–Crippen MR) is 96.6 cm³/mol. The Morgan fingerprint density at radius 1 is 1.28 bits per heavy atom. The maximum atomic E-state index is 9.78. The molecular weight excluding hydrogens is 320 g/mol. The first-order valence-electron chi connectivity index (χ1n) is 8.43. The summed E-state index contributed by atoms with van der Waals surface area (Å²) >= 11 is 0. The van der Waals surface area contributed by atoms with Crippen molar-refractivity contribution < 1.29 is 9.21 Å². The molecular formula is C17H24N6O2. The van der Waals surface area contributed by atoms with Gasteiger partial charge in [-0.2, -0.15) is 4.98 Å². The molecule has 8 heteroatoms. The molecule has 4 N–H and O–H groups in total. The molecule has 0 saturated carbocycles. The summed E-state index contributed by atoms with van der Waals surface area (Å²) in [7, 11) is 0. The summed E-state index contributed by atoms with van der Waals surface area (Å²) in [6.45, 7) is 3.04. The molecule has 134 valence electrons. The van der Waals surface area contributed by atoms with Crippen LogP contribution in [0.4, 0.5) is 5.95 Å². The molecule has 0 saturated heterocycles. The van der Waals surface area contributed by atoms with E-state index in [-0.39, 0.29) is 5.95 Å². The van der Waals surface area contributed by atoms with Gasteiger partial charge >= 0.3 is 0 Å². The number of rotatable bonds is 8. The molecule has 0 atom stereocenters. The first-order chi connectivity index (χ1) is 12.3. The van der Waals surface area contributed by atoms with Crippen LogP contribution in [0.3, 0.4) is 0 Å². The van der Waals surface area contributed by atoms with Gasteiger partial charge in [0, 0.05) is 6.54 Å². The topological polar surface area (TPSA) is 123 Å². The third-order valence-electron chi connectivity index (χ3n) is 3.56. The zero-order valence-electron chi connectivity index (χ0n) is 14.4. The summed E-state index contributed by atoms with van der Waals surface area (Å²) in [5.74, 6) is 0.819. The lowest BCUT2D eigenvalue weighted by atomic mass is 10.1. The minimum absolute atomic E-state index is 0.193. The zero-order chi connectivity index (χ0) is 17.9.